The van der Waals surface area contributed by atoms with Crippen molar-refractivity contribution in [3.8, 4) is 44.5 Å². The molecule has 0 fully saturated rings. The van der Waals surface area contributed by atoms with Crippen LogP contribution in [0.25, 0.3) is 44.5 Å². The lowest BCUT2D eigenvalue weighted by Crippen LogP contribution is -2.09. The Morgan fingerprint density at radius 3 is 0.980 bits per heavy atom. The maximum absolute atomic E-state index is 2.51. The third-order valence-electron chi connectivity index (χ3n) is 9.79. The van der Waals surface area contributed by atoms with Crippen LogP contribution in [0.1, 0.15) is 61.2 Å². The number of hydrogen-bond acceptors (Lipinski definition) is 0. The van der Waals surface area contributed by atoms with Crippen molar-refractivity contribution < 1.29 is 0 Å². The topological polar surface area (TPSA) is 0 Å². The van der Waals surface area contributed by atoms with Crippen molar-refractivity contribution >= 4 is 0 Å². The number of aryl methyl sites for hydroxylation is 8. The molecule has 0 saturated heterocycles. The third kappa shape index (κ3) is 7.05. The van der Waals surface area contributed by atoms with E-state index in [1.54, 1.807) is 0 Å². The van der Waals surface area contributed by atoms with Gasteiger partial charge in [-0.2, -0.15) is 0 Å². The maximum Gasteiger partial charge on any atom is 0.0638 e. The van der Waals surface area contributed by atoms with Crippen LogP contribution in [-0.2, 0) is 0 Å². The molecule has 7 rings (SSSR count). The fraction of sp³-hybridized carbons (Fsp3) is 0.157. The molecular weight excluding hydrogens is 613 g/mol. The van der Waals surface area contributed by atoms with Crippen molar-refractivity contribution in [1.82, 2.24) is 0 Å². The molecule has 0 saturated carbocycles. The minimum absolute atomic E-state index is 1.20. The molecule has 0 heteroatoms. The highest BCUT2D eigenvalue weighted by atomic mass is 14.3. The fourth-order valence-electron chi connectivity index (χ4n) is 8.17. The number of benzene rings is 7. The zero-order chi connectivity index (χ0) is 35.8. The lowest BCUT2D eigenvalue weighted by atomic mass is 9.73. The molecule has 0 radical (unpaired) electrons. The summed E-state index contributed by atoms with van der Waals surface area (Å²) in [4.78, 5) is 0. The summed E-state index contributed by atoms with van der Waals surface area (Å²) in [6, 6.07) is 52.6. The fourth-order valence-corrected chi connectivity index (χ4v) is 8.17. The van der Waals surface area contributed by atoms with Crippen molar-refractivity contribution in [2.24, 2.45) is 0 Å². The summed E-state index contributed by atoms with van der Waals surface area (Å²) in [7, 11) is 0. The van der Waals surface area contributed by atoms with Gasteiger partial charge in [0.2, 0.25) is 0 Å². The first-order valence-electron chi connectivity index (χ1n) is 18.1. The first-order valence-corrected chi connectivity index (χ1v) is 18.1. The van der Waals surface area contributed by atoms with Crippen LogP contribution in [0.2, 0.25) is 0 Å². The first kappa shape index (κ1) is 33.9. The monoisotopic (exact) mass is 659 g/mol. The second kappa shape index (κ2) is 14.0. The predicted octanol–water partition coefficient (Wildman–Crippen LogP) is 13.8. The standard InChI is InChI=1S/C51H47/c1-32-19-33(2)24-42(23-32)46-31-47(48(40-15-11-9-12-16-40)41-17-13-10-14-18-41)50(44-27-36(5)21-37(6)28-44)51(45-29-38(7)22-39(8)30-45)49(46)43-25-34(3)20-35(4)26-43/h9-31H,1-8H3/q+1. The number of hydrogen-bond donors (Lipinski definition) is 0. The van der Waals surface area contributed by atoms with Crippen LogP contribution in [0.3, 0.4) is 0 Å². The van der Waals surface area contributed by atoms with E-state index in [1.165, 1.54) is 112 Å². The molecule has 0 nitrogen and oxygen atoms in total. The Balaban J connectivity index is 1.78. The Hall–Kier alpha value is -5.59. The lowest BCUT2D eigenvalue weighted by Gasteiger charge is -2.26. The van der Waals surface area contributed by atoms with Crippen molar-refractivity contribution in [2.45, 2.75) is 55.4 Å². The highest BCUT2D eigenvalue weighted by Gasteiger charge is 2.33. The van der Waals surface area contributed by atoms with Crippen molar-refractivity contribution in [3.63, 3.8) is 0 Å². The van der Waals surface area contributed by atoms with Gasteiger partial charge < -0.3 is 0 Å². The summed E-state index contributed by atoms with van der Waals surface area (Å²) < 4.78 is 0. The van der Waals surface area contributed by atoms with Gasteiger partial charge in [0.05, 0.1) is 22.6 Å². The van der Waals surface area contributed by atoms with Gasteiger partial charge in [-0.1, -0.05) is 106 Å². The van der Waals surface area contributed by atoms with E-state index in [0.717, 1.165) is 0 Å². The molecule has 0 aliphatic heterocycles. The second-order valence-corrected chi connectivity index (χ2v) is 14.7. The Labute approximate surface area is 305 Å². The molecule has 0 unspecified atom stereocenters. The van der Waals surface area contributed by atoms with Gasteiger partial charge in [0.15, 0.2) is 0 Å². The van der Waals surface area contributed by atoms with Gasteiger partial charge in [0.1, 0.15) is 0 Å². The summed E-state index contributed by atoms with van der Waals surface area (Å²) >= 11 is 0. The lowest BCUT2D eigenvalue weighted by molar-refractivity contribution is 1.23. The average Bonchev–Trinajstić information content (AvgIpc) is 3.07. The minimum Gasteiger partial charge on any atom is -0.0563 e. The van der Waals surface area contributed by atoms with E-state index < -0.39 is 0 Å². The third-order valence-corrected chi connectivity index (χ3v) is 9.79. The van der Waals surface area contributed by atoms with Gasteiger partial charge >= 0.3 is 0 Å². The zero-order valence-corrected chi connectivity index (χ0v) is 31.3. The highest BCUT2D eigenvalue weighted by Crippen LogP contribution is 2.51. The van der Waals surface area contributed by atoms with E-state index in [9.17, 15) is 0 Å². The van der Waals surface area contributed by atoms with Crippen molar-refractivity contribution in [2.75, 3.05) is 0 Å². The Kier molecular flexibility index (Phi) is 9.28. The Bertz CT molecular complexity index is 2250. The van der Waals surface area contributed by atoms with E-state index in [4.69, 9.17) is 0 Å². The van der Waals surface area contributed by atoms with Gasteiger partial charge in [0.25, 0.3) is 0 Å². The van der Waals surface area contributed by atoms with E-state index in [1.807, 2.05) is 0 Å². The van der Waals surface area contributed by atoms with E-state index in [-0.39, 0.29) is 0 Å². The van der Waals surface area contributed by atoms with Crippen molar-refractivity contribution in [1.29, 1.82) is 0 Å². The van der Waals surface area contributed by atoms with Crippen LogP contribution in [0, 0.1) is 61.3 Å². The van der Waals surface area contributed by atoms with E-state index in [0.29, 0.717) is 0 Å². The summed E-state index contributed by atoms with van der Waals surface area (Å²) in [6.45, 7) is 17.8. The van der Waals surface area contributed by atoms with Crippen LogP contribution < -0.4 is 0 Å². The molecule has 0 heterocycles. The van der Waals surface area contributed by atoms with Crippen LogP contribution in [0.5, 0.6) is 0 Å². The molecule has 0 atom stereocenters. The summed E-state index contributed by atoms with van der Waals surface area (Å²) in [5.41, 5.74) is 23.7. The SMILES string of the molecule is Cc1cc(C)cc(-c2cc([C+](c3ccccc3)c3ccccc3)c(-c3cc(C)cc(C)c3)c(-c3cc(C)cc(C)c3)c2-c2cc(C)cc(C)c2)c1. The molecule has 0 amide bonds. The van der Waals surface area contributed by atoms with Gasteiger partial charge in [-0.25, -0.2) is 0 Å². The molecule has 0 N–H and O–H groups in total. The molecule has 7 aromatic carbocycles. The van der Waals surface area contributed by atoms with Crippen LogP contribution >= 0.6 is 0 Å². The predicted molar refractivity (Wildman–Crippen MR) is 220 cm³/mol. The maximum atomic E-state index is 2.51. The zero-order valence-electron chi connectivity index (χ0n) is 31.3. The van der Waals surface area contributed by atoms with Crippen LogP contribution in [0.15, 0.2) is 140 Å². The smallest absolute Gasteiger partial charge is 0.0563 e. The van der Waals surface area contributed by atoms with Crippen LogP contribution in [-0.4, -0.2) is 0 Å². The summed E-state index contributed by atoms with van der Waals surface area (Å²) in [5, 5.41) is 0. The van der Waals surface area contributed by atoms with Gasteiger partial charge in [-0.15, -0.1) is 0 Å². The Morgan fingerprint density at radius 1 is 0.294 bits per heavy atom. The molecule has 0 aliphatic rings. The van der Waals surface area contributed by atoms with E-state index >= 15 is 0 Å². The van der Waals surface area contributed by atoms with Crippen LogP contribution in [0.4, 0.5) is 0 Å². The second-order valence-electron chi connectivity index (χ2n) is 14.7. The largest absolute Gasteiger partial charge is 0.0638 e. The highest BCUT2D eigenvalue weighted by molar-refractivity contribution is 6.04. The molecule has 7 aromatic rings. The Morgan fingerprint density at radius 2 is 0.608 bits per heavy atom. The molecule has 51 heavy (non-hydrogen) atoms. The van der Waals surface area contributed by atoms with E-state index in [2.05, 4.69) is 195 Å². The van der Waals surface area contributed by atoms with Crippen molar-refractivity contribution in [3.05, 3.63) is 207 Å². The normalized spacial score (nSPS) is 11.1. The quantitative estimate of drug-likeness (QED) is 0.118. The number of rotatable bonds is 7. The van der Waals surface area contributed by atoms with Gasteiger partial charge in [-0.05, 0) is 150 Å². The summed E-state index contributed by atoms with van der Waals surface area (Å²) in [5.74, 6) is 1.23. The molecule has 0 bridgehead atoms. The summed E-state index contributed by atoms with van der Waals surface area (Å²) in [6.07, 6.45) is 0. The molecule has 0 aromatic heterocycles. The molecule has 0 spiro atoms. The molecule has 250 valence electrons. The van der Waals surface area contributed by atoms with Gasteiger partial charge in [-0.3, -0.25) is 0 Å². The van der Waals surface area contributed by atoms with Gasteiger partial charge in [0, 0.05) is 27.8 Å². The first-order chi connectivity index (χ1) is 24.5. The molecule has 0 aliphatic carbocycles. The molecular formula is C51H47+. The average molecular weight is 660 g/mol. The minimum atomic E-state index is 1.20.